The lowest BCUT2D eigenvalue weighted by molar-refractivity contribution is -0.143. The van der Waals surface area contributed by atoms with E-state index in [2.05, 4.69) is 20.6 Å². The Morgan fingerprint density at radius 2 is 2.09 bits per heavy atom. The van der Waals surface area contributed by atoms with Crippen LogP contribution in [0.2, 0.25) is 0 Å². The molecule has 0 saturated carbocycles. The Labute approximate surface area is 136 Å². The van der Waals surface area contributed by atoms with Gasteiger partial charge in [-0.05, 0) is 6.92 Å². The van der Waals surface area contributed by atoms with Crippen molar-refractivity contribution in [1.82, 2.24) is 15.6 Å². The standard InChI is InChI=1S/C12H18N6O4S/c1-2-22-9(20)3-4-15-8(19)5-16-10(21)7-6-23-12(17-7)18-11(13)14/h6H,2-5H2,1H3,(H,15,19)(H,16,21)(H4,13,14,17,18). The van der Waals surface area contributed by atoms with Gasteiger partial charge in [-0.15, -0.1) is 11.3 Å². The van der Waals surface area contributed by atoms with Crippen molar-refractivity contribution in [3.63, 3.8) is 0 Å². The molecule has 1 heterocycles. The van der Waals surface area contributed by atoms with Gasteiger partial charge in [0, 0.05) is 11.9 Å². The Morgan fingerprint density at radius 1 is 1.35 bits per heavy atom. The molecule has 0 aliphatic rings. The van der Waals surface area contributed by atoms with E-state index < -0.39 is 17.8 Å². The highest BCUT2D eigenvalue weighted by molar-refractivity contribution is 7.13. The molecule has 126 valence electrons. The van der Waals surface area contributed by atoms with E-state index in [9.17, 15) is 14.4 Å². The Balaban J connectivity index is 2.32. The fraction of sp³-hybridized carbons (Fsp3) is 0.417. The maximum absolute atomic E-state index is 11.8. The molecule has 23 heavy (non-hydrogen) atoms. The number of hydrogen-bond donors (Lipinski definition) is 4. The summed E-state index contributed by atoms with van der Waals surface area (Å²) in [5.41, 5.74) is 10.5. The van der Waals surface area contributed by atoms with Crippen molar-refractivity contribution in [2.75, 3.05) is 19.7 Å². The first-order chi connectivity index (χ1) is 10.9. The maximum Gasteiger partial charge on any atom is 0.307 e. The zero-order valence-electron chi connectivity index (χ0n) is 12.5. The van der Waals surface area contributed by atoms with Crippen molar-refractivity contribution in [2.45, 2.75) is 13.3 Å². The molecule has 6 N–H and O–H groups in total. The highest BCUT2D eigenvalue weighted by atomic mass is 32.1. The first-order valence-electron chi connectivity index (χ1n) is 6.68. The Bertz CT molecular complexity index is 596. The number of carbonyl (C=O) groups excluding carboxylic acids is 3. The largest absolute Gasteiger partial charge is 0.466 e. The Kier molecular flexibility index (Phi) is 7.47. The Hall–Kier alpha value is -2.69. The van der Waals surface area contributed by atoms with Crippen LogP contribution in [0.1, 0.15) is 23.8 Å². The molecule has 10 nitrogen and oxygen atoms in total. The monoisotopic (exact) mass is 342 g/mol. The number of thiazole rings is 1. The van der Waals surface area contributed by atoms with Gasteiger partial charge < -0.3 is 26.8 Å². The second kappa shape index (κ2) is 9.35. The number of ether oxygens (including phenoxy) is 1. The van der Waals surface area contributed by atoms with Crippen LogP contribution in [-0.4, -0.2) is 48.4 Å². The third-order valence-electron chi connectivity index (χ3n) is 2.32. The second-order valence-electron chi connectivity index (χ2n) is 4.14. The predicted molar refractivity (Wildman–Crippen MR) is 84.2 cm³/mol. The van der Waals surface area contributed by atoms with E-state index >= 15 is 0 Å². The normalized spacial score (nSPS) is 9.78. The number of aliphatic imine (C=N–C) groups is 1. The molecule has 2 amide bonds. The average Bonchev–Trinajstić information content (AvgIpc) is 2.92. The van der Waals surface area contributed by atoms with Crippen LogP contribution in [0, 0.1) is 0 Å². The van der Waals surface area contributed by atoms with Crippen LogP contribution >= 0.6 is 11.3 Å². The van der Waals surface area contributed by atoms with E-state index in [4.69, 9.17) is 16.2 Å². The van der Waals surface area contributed by atoms with Gasteiger partial charge in [0.25, 0.3) is 5.91 Å². The van der Waals surface area contributed by atoms with E-state index in [0.717, 1.165) is 11.3 Å². The highest BCUT2D eigenvalue weighted by Gasteiger charge is 2.12. The van der Waals surface area contributed by atoms with Crippen molar-refractivity contribution < 1.29 is 19.1 Å². The summed E-state index contributed by atoms with van der Waals surface area (Å²) >= 11 is 1.09. The number of amides is 2. The Morgan fingerprint density at radius 3 is 2.74 bits per heavy atom. The molecule has 0 saturated heterocycles. The average molecular weight is 342 g/mol. The second-order valence-corrected chi connectivity index (χ2v) is 4.98. The van der Waals surface area contributed by atoms with Crippen molar-refractivity contribution >= 4 is 40.2 Å². The number of hydrogen-bond acceptors (Lipinski definition) is 7. The number of esters is 1. The van der Waals surface area contributed by atoms with Crippen LogP contribution in [0.15, 0.2) is 10.4 Å². The minimum absolute atomic E-state index is 0.0709. The van der Waals surface area contributed by atoms with Crippen molar-refractivity contribution in [3.8, 4) is 0 Å². The van der Waals surface area contributed by atoms with Gasteiger partial charge in [-0.1, -0.05) is 0 Å². The molecule has 0 spiro atoms. The van der Waals surface area contributed by atoms with E-state index in [-0.39, 0.29) is 42.9 Å². The van der Waals surface area contributed by atoms with E-state index in [1.807, 2.05) is 0 Å². The molecule has 0 bridgehead atoms. The highest BCUT2D eigenvalue weighted by Crippen LogP contribution is 2.18. The predicted octanol–water partition coefficient (Wildman–Crippen LogP) is -1.15. The molecular formula is C12H18N6O4S. The van der Waals surface area contributed by atoms with Gasteiger partial charge in [0.15, 0.2) is 5.96 Å². The van der Waals surface area contributed by atoms with Crippen molar-refractivity contribution in [2.24, 2.45) is 16.5 Å². The molecule has 0 aromatic carbocycles. The lowest BCUT2D eigenvalue weighted by Crippen LogP contribution is -2.37. The summed E-state index contributed by atoms with van der Waals surface area (Å²) in [6.45, 7) is 1.89. The lowest BCUT2D eigenvalue weighted by atomic mass is 10.4. The van der Waals surface area contributed by atoms with Gasteiger partial charge in [0.2, 0.25) is 11.0 Å². The molecule has 1 rings (SSSR count). The molecule has 1 aromatic rings. The van der Waals surface area contributed by atoms with Crippen molar-refractivity contribution in [1.29, 1.82) is 0 Å². The molecule has 0 atom stereocenters. The molecule has 1 aromatic heterocycles. The summed E-state index contributed by atoms with van der Waals surface area (Å²) in [4.78, 5) is 42.0. The molecule has 0 aliphatic carbocycles. The summed E-state index contributed by atoms with van der Waals surface area (Å²) in [5, 5.41) is 6.59. The van der Waals surface area contributed by atoms with Gasteiger partial charge in [0.05, 0.1) is 19.6 Å². The van der Waals surface area contributed by atoms with Crippen LogP contribution in [0.4, 0.5) is 5.13 Å². The fourth-order valence-corrected chi connectivity index (χ4v) is 2.07. The van der Waals surface area contributed by atoms with Gasteiger partial charge in [-0.2, -0.15) is 4.99 Å². The minimum atomic E-state index is -0.529. The minimum Gasteiger partial charge on any atom is -0.466 e. The molecule has 0 fully saturated rings. The zero-order valence-corrected chi connectivity index (χ0v) is 13.3. The third kappa shape index (κ3) is 7.22. The summed E-state index contributed by atoms with van der Waals surface area (Å²) < 4.78 is 4.71. The summed E-state index contributed by atoms with van der Waals surface area (Å²) in [6.07, 6.45) is 0.0709. The topological polar surface area (TPSA) is 162 Å². The molecule has 0 aliphatic heterocycles. The number of nitrogens with zero attached hydrogens (tertiary/aromatic N) is 2. The number of aromatic nitrogens is 1. The number of nitrogens with two attached hydrogens (primary N) is 2. The molecule has 11 heteroatoms. The summed E-state index contributed by atoms with van der Waals surface area (Å²) in [7, 11) is 0. The first-order valence-corrected chi connectivity index (χ1v) is 7.56. The third-order valence-corrected chi connectivity index (χ3v) is 3.05. The zero-order chi connectivity index (χ0) is 17.2. The van der Waals surface area contributed by atoms with E-state index in [1.165, 1.54) is 5.38 Å². The van der Waals surface area contributed by atoms with Gasteiger partial charge in [-0.3, -0.25) is 14.4 Å². The fourth-order valence-electron chi connectivity index (χ4n) is 1.38. The molecular weight excluding hydrogens is 324 g/mol. The van der Waals surface area contributed by atoms with Crippen LogP contribution in [0.25, 0.3) is 0 Å². The lowest BCUT2D eigenvalue weighted by Gasteiger charge is -2.05. The van der Waals surface area contributed by atoms with Gasteiger partial charge in [-0.25, -0.2) is 4.98 Å². The smallest absolute Gasteiger partial charge is 0.307 e. The molecule has 0 unspecified atom stereocenters. The van der Waals surface area contributed by atoms with Crippen LogP contribution in [0.5, 0.6) is 0 Å². The number of rotatable bonds is 8. The molecule has 0 radical (unpaired) electrons. The van der Waals surface area contributed by atoms with Gasteiger partial charge >= 0.3 is 5.97 Å². The number of nitrogens with one attached hydrogen (secondary N) is 2. The maximum atomic E-state index is 11.8. The quantitative estimate of drug-likeness (QED) is 0.263. The van der Waals surface area contributed by atoms with E-state index in [0.29, 0.717) is 0 Å². The van der Waals surface area contributed by atoms with Crippen molar-refractivity contribution in [3.05, 3.63) is 11.1 Å². The van der Waals surface area contributed by atoms with Gasteiger partial charge in [0.1, 0.15) is 5.69 Å². The van der Waals surface area contributed by atoms with Crippen LogP contribution in [-0.2, 0) is 14.3 Å². The van der Waals surface area contributed by atoms with E-state index in [1.54, 1.807) is 6.92 Å². The number of carbonyl (C=O) groups is 3. The first kappa shape index (κ1) is 18.4. The van der Waals surface area contributed by atoms with Crippen LogP contribution < -0.4 is 22.1 Å². The van der Waals surface area contributed by atoms with Crippen LogP contribution in [0.3, 0.4) is 0 Å². The summed E-state index contributed by atoms with van der Waals surface area (Å²) in [5.74, 6) is -1.51. The summed E-state index contributed by atoms with van der Waals surface area (Å²) in [6, 6.07) is 0. The SMILES string of the molecule is CCOC(=O)CCNC(=O)CNC(=O)c1csc(N=C(N)N)n1. The number of guanidine groups is 1.